The van der Waals surface area contributed by atoms with Crippen molar-refractivity contribution in [3.8, 4) is 0 Å². The number of benzene rings is 1. The highest BCUT2D eigenvalue weighted by molar-refractivity contribution is 7.99. The third-order valence-corrected chi connectivity index (χ3v) is 4.99. The lowest BCUT2D eigenvalue weighted by molar-refractivity contribution is -0.121. The van der Waals surface area contributed by atoms with Crippen molar-refractivity contribution in [1.82, 2.24) is 0 Å². The summed E-state index contributed by atoms with van der Waals surface area (Å²) in [6.45, 7) is 0.844. The van der Waals surface area contributed by atoms with Gasteiger partial charge in [-0.05, 0) is 42.7 Å². The van der Waals surface area contributed by atoms with E-state index in [0.29, 0.717) is 5.91 Å². The van der Waals surface area contributed by atoms with Crippen LogP contribution in [0.3, 0.4) is 0 Å². The number of carbonyl (C=O) groups is 1. The summed E-state index contributed by atoms with van der Waals surface area (Å²) in [5.74, 6) is 2.61. The molecule has 0 aromatic heterocycles. The maximum Gasteiger partial charge on any atom is 0.230 e. The molecule has 1 aromatic carbocycles. The number of nitrogens with zero attached hydrogens (tertiary/aromatic N) is 1. The van der Waals surface area contributed by atoms with Gasteiger partial charge in [-0.25, -0.2) is 0 Å². The molecule has 1 aromatic rings. The Hall–Kier alpha value is -1.16. The molecule has 3 rings (SSSR count). The van der Waals surface area contributed by atoms with E-state index in [-0.39, 0.29) is 5.92 Å². The Balaban J connectivity index is 1.91. The fourth-order valence-electron chi connectivity index (χ4n) is 2.83. The smallest absolute Gasteiger partial charge is 0.230 e. The van der Waals surface area contributed by atoms with Crippen molar-refractivity contribution < 1.29 is 4.79 Å². The van der Waals surface area contributed by atoms with Gasteiger partial charge < -0.3 is 10.6 Å². The number of hydrogen-bond donors (Lipinski definition) is 1. The van der Waals surface area contributed by atoms with Crippen LogP contribution in [0.1, 0.15) is 18.4 Å². The third kappa shape index (κ3) is 1.99. The SMILES string of the molecule is Nc1cccc2c1CCCN2C(=O)C1CCSC1. The molecule has 0 spiro atoms. The Labute approximate surface area is 112 Å². The van der Waals surface area contributed by atoms with Gasteiger partial charge in [-0.3, -0.25) is 4.79 Å². The van der Waals surface area contributed by atoms with Crippen LogP contribution in [0.4, 0.5) is 11.4 Å². The Morgan fingerprint density at radius 2 is 2.33 bits per heavy atom. The number of carbonyl (C=O) groups excluding carboxylic acids is 1. The number of fused-ring (bicyclic) bond motifs is 1. The molecule has 96 valence electrons. The van der Waals surface area contributed by atoms with Crippen LogP contribution in [0.2, 0.25) is 0 Å². The molecule has 1 atom stereocenters. The van der Waals surface area contributed by atoms with Crippen LogP contribution in [-0.4, -0.2) is 24.0 Å². The van der Waals surface area contributed by atoms with E-state index in [1.54, 1.807) is 0 Å². The average Bonchev–Trinajstić information content (AvgIpc) is 2.92. The monoisotopic (exact) mass is 262 g/mol. The zero-order valence-corrected chi connectivity index (χ0v) is 11.2. The number of thioether (sulfide) groups is 1. The van der Waals surface area contributed by atoms with Crippen molar-refractivity contribution in [3.63, 3.8) is 0 Å². The van der Waals surface area contributed by atoms with E-state index in [2.05, 4.69) is 0 Å². The van der Waals surface area contributed by atoms with Gasteiger partial charge in [-0.1, -0.05) is 6.07 Å². The molecular formula is C14H18N2OS. The van der Waals surface area contributed by atoms with Crippen LogP contribution in [0.15, 0.2) is 18.2 Å². The largest absolute Gasteiger partial charge is 0.398 e. The second-order valence-corrected chi connectivity index (χ2v) is 6.15. The molecule has 2 aliphatic heterocycles. The molecule has 1 unspecified atom stereocenters. The summed E-state index contributed by atoms with van der Waals surface area (Å²) in [6, 6.07) is 5.91. The van der Waals surface area contributed by atoms with Gasteiger partial charge in [-0.15, -0.1) is 0 Å². The van der Waals surface area contributed by atoms with Gasteiger partial charge in [-0.2, -0.15) is 11.8 Å². The first kappa shape index (κ1) is 11.9. The van der Waals surface area contributed by atoms with Crippen molar-refractivity contribution in [2.24, 2.45) is 5.92 Å². The standard InChI is InChI=1S/C14H18N2OS/c15-12-4-1-5-13-11(12)3-2-7-16(13)14(17)10-6-8-18-9-10/h1,4-5,10H,2-3,6-9,15H2. The average molecular weight is 262 g/mol. The predicted molar refractivity (Wildman–Crippen MR) is 77.0 cm³/mol. The second-order valence-electron chi connectivity index (χ2n) is 5.00. The Bertz CT molecular complexity index is 469. The minimum atomic E-state index is 0.211. The summed E-state index contributed by atoms with van der Waals surface area (Å²) < 4.78 is 0. The van der Waals surface area contributed by atoms with Gasteiger partial charge >= 0.3 is 0 Å². The molecule has 0 radical (unpaired) electrons. The predicted octanol–water partition coefficient (Wildman–Crippen LogP) is 2.30. The summed E-state index contributed by atoms with van der Waals surface area (Å²) in [4.78, 5) is 14.5. The highest BCUT2D eigenvalue weighted by Crippen LogP contribution is 2.34. The molecule has 1 saturated heterocycles. The second kappa shape index (κ2) is 4.84. The first-order valence-electron chi connectivity index (χ1n) is 6.54. The maximum absolute atomic E-state index is 12.5. The van der Waals surface area contributed by atoms with Crippen molar-refractivity contribution in [2.75, 3.05) is 28.7 Å². The maximum atomic E-state index is 12.5. The van der Waals surface area contributed by atoms with E-state index in [0.717, 1.165) is 54.3 Å². The first-order chi connectivity index (χ1) is 8.77. The molecule has 3 nitrogen and oxygen atoms in total. The fourth-order valence-corrected chi connectivity index (χ4v) is 4.04. The molecule has 0 saturated carbocycles. The number of nitrogens with two attached hydrogens (primary N) is 1. The van der Waals surface area contributed by atoms with Crippen LogP contribution in [0.5, 0.6) is 0 Å². The lowest BCUT2D eigenvalue weighted by atomic mass is 9.98. The van der Waals surface area contributed by atoms with Gasteiger partial charge in [0.2, 0.25) is 5.91 Å². The van der Waals surface area contributed by atoms with E-state index in [4.69, 9.17) is 5.73 Å². The molecule has 2 heterocycles. The zero-order valence-electron chi connectivity index (χ0n) is 10.4. The Morgan fingerprint density at radius 1 is 1.44 bits per heavy atom. The van der Waals surface area contributed by atoms with Gasteiger partial charge in [0.15, 0.2) is 0 Å². The van der Waals surface area contributed by atoms with E-state index in [9.17, 15) is 4.79 Å². The summed E-state index contributed by atoms with van der Waals surface area (Å²) in [5, 5.41) is 0. The first-order valence-corrected chi connectivity index (χ1v) is 7.69. The van der Waals surface area contributed by atoms with Crippen molar-refractivity contribution >= 4 is 29.0 Å². The highest BCUT2D eigenvalue weighted by Gasteiger charge is 2.31. The molecule has 0 aliphatic carbocycles. The summed E-state index contributed by atoms with van der Waals surface area (Å²) >= 11 is 1.89. The quantitative estimate of drug-likeness (QED) is 0.790. The summed E-state index contributed by atoms with van der Waals surface area (Å²) in [7, 11) is 0. The lowest BCUT2D eigenvalue weighted by Gasteiger charge is -2.32. The van der Waals surface area contributed by atoms with Crippen LogP contribution >= 0.6 is 11.8 Å². The zero-order chi connectivity index (χ0) is 12.5. The van der Waals surface area contributed by atoms with Crippen LogP contribution < -0.4 is 10.6 Å². The van der Waals surface area contributed by atoms with Gasteiger partial charge in [0.25, 0.3) is 0 Å². The summed E-state index contributed by atoms with van der Waals surface area (Å²) in [5.41, 5.74) is 9.04. The lowest BCUT2D eigenvalue weighted by Crippen LogP contribution is -2.39. The number of anilines is 2. The topological polar surface area (TPSA) is 46.3 Å². The highest BCUT2D eigenvalue weighted by atomic mass is 32.2. The normalized spacial score (nSPS) is 22.9. The molecule has 18 heavy (non-hydrogen) atoms. The molecule has 1 amide bonds. The molecule has 1 fully saturated rings. The number of rotatable bonds is 1. The van der Waals surface area contributed by atoms with Crippen LogP contribution in [0, 0.1) is 5.92 Å². The molecule has 2 N–H and O–H groups in total. The van der Waals surface area contributed by atoms with Gasteiger partial charge in [0, 0.05) is 29.6 Å². The van der Waals surface area contributed by atoms with E-state index >= 15 is 0 Å². The van der Waals surface area contributed by atoms with E-state index in [1.807, 2.05) is 34.9 Å². The Morgan fingerprint density at radius 3 is 3.11 bits per heavy atom. The van der Waals surface area contributed by atoms with Crippen molar-refractivity contribution in [2.45, 2.75) is 19.3 Å². The fraction of sp³-hybridized carbons (Fsp3) is 0.500. The van der Waals surface area contributed by atoms with E-state index in [1.165, 1.54) is 0 Å². The molecular weight excluding hydrogens is 244 g/mol. The minimum Gasteiger partial charge on any atom is -0.398 e. The van der Waals surface area contributed by atoms with Gasteiger partial charge in [0.1, 0.15) is 0 Å². The van der Waals surface area contributed by atoms with Crippen molar-refractivity contribution in [3.05, 3.63) is 23.8 Å². The Kier molecular flexibility index (Phi) is 3.20. The number of hydrogen-bond acceptors (Lipinski definition) is 3. The minimum absolute atomic E-state index is 0.211. The number of nitrogen functional groups attached to an aromatic ring is 1. The van der Waals surface area contributed by atoms with Gasteiger partial charge in [0.05, 0.1) is 0 Å². The summed E-state index contributed by atoms with van der Waals surface area (Å²) in [6.07, 6.45) is 3.04. The van der Waals surface area contributed by atoms with Crippen LogP contribution in [0.25, 0.3) is 0 Å². The number of amides is 1. The third-order valence-electron chi connectivity index (χ3n) is 3.83. The van der Waals surface area contributed by atoms with Crippen LogP contribution in [-0.2, 0) is 11.2 Å². The van der Waals surface area contributed by atoms with Crippen molar-refractivity contribution in [1.29, 1.82) is 0 Å². The molecule has 2 aliphatic rings. The molecule has 0 bridgehead atoms. The van der Waals surface area contributed by atoms with E-state index < -0.39 is 0 Å². The molecule has 4 heteroatoms.